The molecule has 88 valence electrons. The van der Waals surface area contributed by atoms with Gasteiger partial charge in [0.15, 0.2) is 0 Å². The summed E-state index contributed by atoms with van der Waals surface area (Å²) in [7, 11) is 0. The summed E-state index contributed by atoms with van der Waals surface area (Å²) >= 11 is 3.51. The van der Waals surface area contributed by atoms with Gasteiger partial charge in [-0.15, -0.1) is 0 Å². The lowest BCUT2D eigenvalue weighted by Gasteiger charge is -2.13. The van der Waals surface area contributed by atoms with Crippen molar-refractivity contribution in [1.82, 2.24) is 0 Å². The molecule has 1 unspecified atom stereocenters. The summed E-state index contributed by atoms with van der Waals surface area (Å²) in [5.74, 6) is 0.998. The zero-order chi connectivity index (χ0) is 11.5. The van der Waals surface area contributed by atoms with Crippen molar-refractivity contribution in [2.75, 3.05) is 6.61 Å². The van der Waals surface area contributed by atoms with Crippen molar-refractivity contribution in [1.29, 1.82) is 0 Å². The summed E-state index contributed by atoms with van der Waals surface area (Å²) in [4.78, 5) is 0. The van der Waals surface area contributed by atoms with Crippen LogP contribution in [0.3, 0.4) is 0 Å². The molecule has 1 aromatic rings. The molecular weight excluding hydrogens is 268 g/mol. The summed E-state index contributed by atoms with van der Waals surface area (Å²) < 4.78 is 6.71. The lowest BCUT2D eigenvalue weighted by Crippen LogP contribution is -2.10. The number of hydrogen-bond donors (Lipinski definition) is 1. The second-order valence-electron chi connectivity index (χ2n) is 4.30. The Balaban J connectivity index is 2.20. The van der Waals surface area contributed by atoms with Crippen LogP contribution in [0.2, 0.25) is 0 Å². The van der Waals surface area contributed by atoms with Crippen molar-refractivity contribution in [2.45, 2.75) is 38.7 Å². The molecule has 0 aliphatic carbocycles. The number of aliphatic hydroxyl groups is 1. The quantitative estimate of drug-likeness (QED) is 0.921. The summed E-state index contributed by atoms with van der Waals surface area (Å²) in [5, 5.41) is 9.85. The van der Waals surface area contributed by atoms with E-state index in [1.165, 1.54) is 5.56 Å². The maximum Gasteiger partial charge on any atom is 0.125 e. The van der Waals surface area contributed by atoms with Crippen LogP contribution in [0.5, 0.6) is 5.75 Å². The van der Waals surface area contributed by atoms with E-state index in [4.69, 9.17) is 4.74 Å². The monoisotopic (exact) mass is 284 g/mol. The molecule has 1 aliphatic rings. The Morgan fingerprint density at radius 2 is 2.31 bits per heavy atom. The van der Waals surface area contributed by atoms with E-state index < -0.39 is 0 Å². The Hall–Kier alpha value is -0.540. The molecule has 1 aromatic carbocycles. The SMILES string of the molecule is CCCC(O)Cc1cc(Br)cc2c1OCC2. The molecule has 0 fully saturated rings. The first-order valence-electron chi connectivity index (χ1n) is 5.83. The van der Waals surface area contributed by atoms with Crippen molar-refractivity contribution in [2.24, 2.45) is 0 Å². The highest BCUT2D eigenvalue weighted by atomic mass is 79.9. The number of benzene rings is 1. The summed E-state index contributed by atoms with van der Waals surface area (Å²) in [6.45, 7) is 2.85. The third kappa shape index (κ3) is 2.58. The van der Waals surface area contributed by atoms with E-state index in [1.54, 1.807) is 0 Å². The fourth-order valence-electron chi connectivity index (χ4n) is 2.19. The molecule has 1 aliphatic heterocycles. The van der Waals surface area contributed by atoms with Gasteiger partial charge in [0.1, 0.15) is 5.75 Å². The number of rotatable bonds is 4. The normalized spacial score (nSPS) is 15.7. The van der Waals surface area contributed by atoms with E-state index in [0.717, 1.165) is 41.7 Å². The molecule has 0 radical (unpaired) electrons. The Morgan fingerprint density at radius 1 is 1.50 bits per heavy atom. The minimum absolute atomic E-state index is 0.257. The van der Waals surface area contributed by atoms with Crippen molar-refractivity contribution < 1.29 is 9.84 Å². The van der Waals surface area contributed by atoms with Gasteiger partial charge in [0, 0.05) is 17.3 Å². The largest absolute Gasteiger partial charge is 0.493 e. The topological polar surface area (TPSA) is 29.5 Å². The smallest absolute Gasteiger partial charge is 0.125 e. The van der Waals surface area contributed by atoms with E-state index in [1.807, 2.05) is 0 Å². The van der Waals surface area contributed by atoms with Crippen LogP contribution in [0.15, 0.2) is 16.6 Å². The second kappa shape index (κ2) is 5.19. The van der Waals surface area contributed by atoms with Gasteiger partial charge in [-0.05, 0) is 29.7 Å². The molecule has 0 saturated heterocycles. The highest BCUT2D eigenvalue weighted by Crippen LogP contribution is 2.33. The van der Waals surface area contributed by atoms with E-state index in [9.17, 15) is 5.11 Å². The van der Waals surface area contributed by atoms with Crippen LogP contribution >= 0.6 is 15.9 Å². The molecule has 0 spiro atoms. The summed E-state index contributed by atoms with van der Waals surface area (Å²) in [5.41, 5.74) is 2.39. The lowest BCUT2D eigenvalue weighted by molar-refractivity contribution is 0.162. The van der Waals surface area contributed by atoms with Crippen LogP contribution in [0.25, 0.3) is 0 Å². The zero-order valence-corrected chi connectivity index (χ0v) is 11.1. The first kappa shape index (κ1) is 11.9. The summed E-state index contributed by atoms with van der Waals surface area (Å²) in [6, 6.07) is 4.17. The fraction of sp³-hybridized carbons (Fsp3) is 0.538. The predicted molar refractivity (Wildman–Crippen MR) is 68.0 cm³/mol. The molecular formula is C13H17BrO2. The third-order valence-corrected chi connectivity index (χ3v) is 3.36. The molecule has 2 rings (SSSR count). The van der Waals surface area contributed by atoms with Crippen LogP contribution in [-0.2, 0) is 12.8 Å². The Bertz CT molecular complexity index is 376. The zero-order valence-electron chi connectivity index (χ0n) is 9.50. The van der Waals surface area contributed by atoms with Gasteiger partial charge >= 0.3 is 0 Å². The number of fused-ring (bicyclic) bond motifs is 1. The minimum Gasteiger partial charge on any atom is -0.493 e. The maximum absolute atomic E-state index is 9.85. The number of aliphatic hydroxyl groups excluding tert-OH is 1. The molecule has 16 heavy (non-hydrogen) atoms. The van der Waals surface area contributed by atoms with Gasteiger partial charge in [0.05, 0.1) is 12.7 Å². The van der Waals surface area contributed by atoms with Crippen LogP contribution in [0.1, 0.15) is 30.9 Å². The number of ether oxygens (including phenoxy) is 1. The van der Waals surface area contributed by atoms with Gasteiger partial charge in [-0.3, -0.25) is 0 Å². The van der Waals surface area contributed by atoms with Gasteiger partial charge in [-0.25, -0.2) is 0 Å². The van der Waals surface area contributed by atoms with Gasteiger partial charge < -0.3 is 9.84 Å². The van der Waals surface area contributed by atoms with Crippen molar-refractivity contribution in [3.63, 3.8) is 0 Å². The molecule has 1 heterocycles. The second-order valence-corrected chi connectivity index (χ2v) is 5.21. The third-order valence-electron chi connectivity index (χ3n) is 2.90. The molecule has 0 saturated carbocycles. The van der Waals surface area contributed by atoms with E-state index in [0.29, 0.717) is 6.42 Å². The van der Waals surface area contributed by atoms with Crippen LogP contribution in [-0.4, -0.2) is 17.8 Å². The van der Waals surface area contributed by atoms with Gasteiger partial charge in [0.25, 0.3) is 0 Å². The van der Waals surface area contributed by atoms with E-state index in [2.05, 4.69) is 35.0 Å². The highest BCUT2D eigenvalue weighted by molar-refractivity contribution is 9.10. The number of hydrogen-bond acceptors (Lipinski definition) is 2. The fourth-order valence-corrected chi connectivity index (χ4v) is 2.74. The van der Waals surface area contributed by atoms with Gasteiger partial charge in [0.2, 0.25) is 0 Å². The molecule has 0 bridgehead atoms. The van der Waals surface area contributed by atoms with Gasteiger partial charge in [-0.2, -0.15) is 0 Å². The number of halogens is 1. The average molecular weight is 285 g/mol. The summed E-state index contributed by atoms with van der Waals surface area (Å²) in [6.07, 6.45) is 3.27. The van der Waals surface area contributed by atoms with Crippen molar-refractivity contribution in [3.8, 4) is 5.75 Å². The predicted octanol–water partition coefficient (Wildman–Crippen LogP) is 3.09. The average Bonchev–Trinajstić information content (AvgIpc) is 2.65. The lowest BCUT2D eigenvalue weighted by atomic mass is 10.0. The molecule has 1 N–H and O–H groups in total. The van der Waals surface area contributed by atoms with E-state index in [-0.39, 0.29) is 6.10 Å². The highest BCUT2D eigenvalue weighted by Gasteiger charge is 2.18. The van der Waals surface area contributed by atoms with Crippen LogP contribution in [0, 0.1) is 0 Å². The Kier molecular flexibility index (Phi) is 3.87. The van der Waals surface area contributed by atoms with Crippen molar-refractivity contribution >= 4 is 15.9 Å². The molecule has 2 nitrogen and oxygen atoms in total. The molecule has 0 amide bonds. The van der Waals surface area contributed by atoms with Crippen molar-refractivity contribution in [3.05, 3.63) is 27.7 Å². The van der Waals surface area contributed by atoms with E-state index >= 15 is 0 Å². The Labute approximate surface area is 105 Å². The van der Waals surface area contributed by atoms with Crippen LogP contribution in [0.4, 0.5) is 0 Å². The first-order chi connectivity index (χ1) is 7.70. The standard InChI is InChI=1S/C13H17BrO2/c1-2-3-12(15)8-10-7-11(14)6-9-4-5-16-13(9)10/h6-7,12,15H,2-5,8H2,1H3. The minimum atomic E-state index is -0.257. The Morgan fingerprint density at radius 3 is 3.06 bits per heavy atom. The molecule has 0 aromatic heterocycles. The van der Waals surface area contributed by atoms with Crippen LogP contribution < -0.4 is 4.74 Å². The molecule has 1 atom stereocenters. The molecule has 3 heteroatoms. The van der Waals surface area contributed by atoms with Gasteiger partial charge in [-0.1, -0.05) is 29.3 Å². The maximum atomic E-state index is 9.85. The first-order valence-corrected chi connectivity index (χ1v) is 6.62.